The van der Waals surface area contributed by atoms with Crippen molar-refractivity contribution in [1.29, 1.82) is 0 Å². The maximum Gasteiger partial charge on any atom is 0.0873 e. The molecule has 78 valence electrons. The maximum absolute atomic E-state index is 5.43. The van der Waals surface area contributed by atoms with E-state index in [0.717, 1.165) is 13.0 Å². The molecular formula is C12H24O. The first-order valence-electron chi connectivity index (χ1n) is 5.58. The van der Waals surface area contributed by atoms with Crippen LogP contribution in [0.15, 0.2) is 11.8 Å². The number of rotatable bonds is 8. The molecule has 0 N–H and O–H groups in total. The molecule has 0 aromatic carbocycles. The van der Waals surface area contributed by atoms with Crippen molar-refractivity contribution in [1.82, 2.24) is 0 Å². The second-order valence-electron chi connectivity index (χ2n) is 3.65. The van der Waals surface area contributed by atoms with Gasteiger partial charge in [-0.25, -0.2) is 0 Å². The monoisotopic (exact) mass is 184 g/mol. The van der Waals surface area contributed by atoms with Gasteiger partial charge in [-0.3, -0.25) is 0 Å². The van der Waals surface area contributed by atoms with Crippen LogP contribution in [-0.4, -0.2) is 6.61 Å². The van der Waals surface area contributed by atoms with E-state index in [0.29, 0.717) is 0 Å². The summed E-state index contributed by atoms with van der Waals surface area (Å²) in [5.41, 5.74) is 1.36. The molecule has 0 aliphatic heterocycles. The summed E-state index contributed by atoms with van der Waals surface area (Å²) >= 11 is 0. The lowest BCUT2D eigenvalue weighted by Gasteiger charge is -2.02. The minimum Gasteiger partial charge on any atom is -0.501 e. The Morgan fingerprint density at radius 3 is 2.46 bits per heavy atom. The molecule has 0 radical (unpaired) electrons. The predicted octanol–water partition coefficient (Wildman–Crippen LogP) is 4.29. The SMILES string of the molecule is CCCCCCOC=C(C)CCC. The molecule has 0 aromatic heterocycles. The fourth-order valence-electron chi connectivity index (χ4n) is 1.27. The molecule has 1 nitrogen and oxygen atoms in total. The molecule has 0 unspecified atom stereocenters. The summed E-state index contributed by atoms with van der Waals surface area (Å²) in [4.78, 5) is 0. The van der Waals surface area contributed by atoms with E-state index in [-0.39, 0.29) is 0 Å². The fourth-order valence-corrected chi connectivity index (χ4v) is 1.27. The zero-order valence-electron chi connectivity index (χ0n) is 9.44. The van der Waals surface area contributed by atoms with E-state index in [2.05, 4.69) is 20.8 Å². The van der Waals surface area contributed by atoms with Crippen molar-refractivity contribution in [3.8, 4) is 0 Å². The third kappa shape index (κ3) is 9.45. The molecule has 0 bridgehead atoms. The second kappa shape index (κ2) is 9.63. The number of hydrogen-bond donors (Lipinski definition) is 0. The van der Waals surface area contributed by atoms with Crippen molar-refractivity contribution in [2.75, 3.05) is 6.61 Å². The molecule has 0 saturated carbocycles. The highest BCUT2D eigenvalue weighted by atomic mass is 16.5. The first-order chi connectivity index (χ1) is 6.31. The largest absolute Gasteiger partial charge is 0.501 e. The quantitative estimate of drug-likeness (QED) is 0.404. The second-order valence-corrected chi connectivity index (χ2v) is 3.65. The Morgan fingerprint density at radius 1 is 1.08 bits per heavy atom. The zero-order chi connectivity index (χ0) is 9.94. The number of unbranched alkanes of at least 4 members (excludes halogenated alkanes) is 3. The summed E-state index contributed by atoms with van der Waals surface area (Å²) in [6, 6.07) is 0. The van der Waals surface area contributed by atoms with Crippen LogP contribution in [0.4, 0.5) is 0 Å². The van der Waals surface area contributed by atoms with Gasteiger partial charge in [0, 0.05) is 0 Å². The molecule has 0 aromatic rings. The number of hydrogen-bond acceptors (Lipinski definition) is 1. The highest BCUT2D eigenvalue weighted by molar-refractivity contribution is 4.91. The molecule has 0 atom stereocenters. The zero-order valence-corrected chi connectivity index (χ0v) is 9.44. The van der Waals surface area contributed by atoms with Crippen molar-refractivity contribution >= 4 is 0 Å². The third-order valence-corrected chi connectivity index (χ3v) is 2.04. The Balaban J connectivity index is 3.18. The summed E-state index contributed by atoms with van der Waals surface area (Å²) in [7, 11) is 0. The van der Waals surface area contributed by atoms with Crippen LogP contribution < -0.4 is 0 Å². The van der Waals surface area contributed by atoms with Crippen LogP contribution >= 0.6 is 0 Å². The predicted molar refractivity (Wildman–Crippen MR) is 58.8 cm³/mol. The first kappa shape index (κ1) is 12.5. The fraction of sp³-hybridized carbons (Fsp3) is 0.833. The molecule has 0 heterocycles. The van der Waals surface area contributed by atoms with Crippen molar-refractivity contribution in [2.24, 2.45) is 0 Å². The highest BCUT2D eigenvalue weighted by Gasteiger charge is 1.89. The van der Waals surface area contributed by atoms with Crippen LogP contribution in [0.3, 0.4) is 0 Å². The van der Waals surface area contributed by atoms with Crippen LogP contribution in [0.1, 0.15) is 59.3 Å². The van der Waals surface area contributed by atoms with Crippen LogP contribution in [0.5, 0.6) is 0 Å². The average molecular weight is 184 g/mol. The van der Waals surface area contributed by atoms with Crippen molar-refractivity contribution in [3.63, 3.8) is 0 Å². The molecule has 0 fully saturated rings. The normalized spacial score (nSPS) is 11.8. The van der Waals surface area contributed by atoms with E-state index in [4.69, 9.17) is 4.74 Å². The van der Waals surface area contributed by atoms with Crippen LogP contribution in [0.25, 0.3) is 0 Å². The van der Waals surface area contributed by atoms with Gasteiger partial charge in [-0.15, -0.1) is 0 Å². The van der Waals surface area contributed by atoms with Gasteiger partial charge in [0.05, 0.1) is 12.9 Å². The van der Waals surface area contributed by atoms with E-state index in [1.54, 1.807) is 0 Å². The highest BCUT2D eigenvalue weighted by Crippen LogP contribution is 2.04. The Kier molecular flexibility index (Phi) is 9.29. The Morgan fingerprint density at radius 2 is 1.85 bits per heavy atom. The van der Waals surface area contributed by atoms with E-state index < -0.39 is 0 Å². The van der Waals surface area contributed by atoms with Crippen LogP contribution in [0, 0.1) is 0 Å². The summed E-state index contributed by atoms with van der Waals surface area (Å²) in [6.45, 7) is 7.45. The number of ether oxygens (including phenoxy) is 1. The lowest BCUT2D eigenvalue weighted by atomic mass is 10.2. The van der Waals surface area contributed by atoms with Gasteiger partial charge in [0.2, 0.25) is 0 Å². The number of allylic oxidation sites excluding steroid dienone is 1. The first-order valence-corrected chi connectivity index (χ1v) is 5.58. The van der Waals surface area contributed by atoms with Crippen molar-refractivity contribution in [3.05, 3.63) is 11.8 Å². The Hall–Kier alpha value is -0.460. The van der Waals surface area contributed by atoms with E-state index in [9.17, 15) is 0 Å². The molecule has 1 heteroatoms. The van der Waals surface area contributed by atoms with Gasteiger partial charge in [-0.1, -0.05) is 39.5 Å². The van der Waals surface area contributed by atoms with Crippen LogP contribution in [-0.2, 0) is 4.74 Å². The molecule has 0 spiro atoms. The molecule has 0 amide bonds. The lowest BCUT2D eigenvalue weighted by molar-refractivity contribution is 0.237. The summed E-state index contributed by atoms with van der Waals surface area (Å²) < 4.78 is 5.43. The van der Waals surface area contributed by atoms with E-state index in [1.807, 2.05) is 6.26 Å². The van der Waals surface area contributed by atoms with Gasteiger partial charge in [0.25, 0.3) is 0 Å². The van der Waals surface area contributed by atoms with Crippen molar-refractivity contribution in [2.45, 2.75) is 59.3 Å². The molecule has 0 aliphatic rings. The Labute approximate surface area is 83.2 Å². The lowest BCUT2D eigenvalue weighted by Crippen LogP contribution is -1.89. The molecule has 0 saturated heterocycles. The van der Waals surface area contributed by atoms with Gasteiger partial charge in [-0.2, -0.15) is 0 Å². The maximum atomic E-state index is 5.43. The van der Waals surface area contributed by atoms with E-state index in [1.165, 1.54) is 37.7 Å². The molecular weight excluding hydrogens is 160 g/mol. The Bertz CT molecular complexity index is 127. The minimum absolute atomic E-state index is 0.890. The summed E-state index contributed by atoms with van der Waals surface area (Å²) in [5.74, 6) is 0. The van der Waals surface area contributed by atoms with Gasteiger partial charge >= 0.3 is 0 Å². The third-order valence-electron chi connectivity index (χ3n) is 2.04. The standard InChI is InChI=1S/C12H24O/c1-4-6-7-8-10-13-11-12(3)9-5-2/h11H,4-10H2,1-3H3. The van der Waals surface area contributed by atoms with E-state index >= 15 is 0 Å². The molecule has 0 aliphatic carbocycles. The average Bonchev–Trinajstić information content (AvgIpc) is 2.11. The molecule has 13 heavy (non-hydrogen) atoms. The van der Waals surface area contributed by atoms with Gasteiger partial charge < -0.3 is 4.74 Å². The molecule has 0 rings (SSSR count). The van der Waals surface area contributed by atoms with Gasteiger partial charge in [0.1, 0.15) is 0 Å². The topological polar surface area (TPSA) is 9.23 Å². The van der Waals surface area contributed by atoms with Crippen LogP contribution in [0.2, 0.25) is 0 Å². The smallest absolute Gasteiger partial charge is 0.0873 e. The minimum atomic E-state index is 0.890. The van der Waals surface area contributed by atoms with Gasteiger partial charge in [-0.05, 0) is 25.3 Å². The summed E-state index contributed by atoms with van der Waals surface area (Å²) in [5, 5.41) is 0. The summed E-state index contributed by atoms with van der Waals surface area (Å²) in [6.07, 6.45) is 9.43. The van der Waals surface area contributed by atoms with Crippen molar-refractivity contribution < 1.29 is 4.74 Å². The van der Waals surface area contributed by atoms with Gasteiger partial charge in [0.15, 0.2) is 0 Å².